The number of hydrogen-bond donors (Lipinski definition) is 2. The molecular weight excluding hydrogens is 280 g/mol. The first kappa shape index (κ1) is 16.5. The summed E-state index contributed by atoms with van der Waals surface area (Å²) in [6, 6.07) is 3.90. The van der Waals surface area contributed by atoms with Crippen molar-refractivity contribution in [2.75, 3.05) is 13.1 Å². The number of halogens is 1. The van der Waals surface area contributed by atoms with E-state index in [4.69, 9.17) is 17.3 Å². The minimum Gasteiger partial charge on any atom is -0.356 e. The number of nitrogens with one attached hydrogen (secondary N) is 1. The predicted octanol–water partition coefficient (Wildman–Crippen LogP) is 3.22. The van der Waals surface area contributed by atoms with Crippen LogP contribution >= 0.6 is 22.9 Å². The lowest BCUT2D eigenvalue weighted by Crippen LogP contribution is -2.26. The van der Waals surface area contributed by atoms with E-state index < -0.39 is 0 Å². The van der Waals surface area contributed by atoms with E-state index >= 15 is 0 Å². The molecular formula is C14H23ClN2OS. The highest BCUT2D eigenvalue weighted by Crippen LogP contribution is 2.21. The fraction of sp³-hybridized carbons (Fsp3) is 0.643. The lowest BCUT2D eigenvalue weighted by Gasteiger charge is -2.13. The van der Waals surface area contributed by atoms with Crippen LogP contribution in [0.15, 0.2) is 12.1 Å². The van der Waals surface area contributed by atoms with Gasteiger partial charge in [0.1, 0.15) is 0 Å². The minimum atomic E-state index is 0.137. The molecule has 0 aliphatic heterocycles. The van der Waals surface area contributed by atoms with Gasteiger partial charge in [0.05, 0.1) is 4.34 Å². The van der Waals surface area contributed by atoms with Crippen molar-refractivity contribution in [3.05, 3.63) is 21.3 Å². The topological polar surface area (TPSA) is 55.1 Å². The maximum Gasteiger partial charge on any atom is 0.220 e. The molecule has 19 heavy (non-hydrogen) atoms. The van der Waals surface area contributed by atoms with E-state index in [0.29, 0.717) is 25.4 Å². The molecule has 1 atom stereocenters. The van der Waals surface area contributed by atoms with E-state index in [9.17, 15) is 4.79 Å². The van der Waals surface area contributed by atoms with Gasteiger partial charge in [-0.1, -0.05) is 24.9 Å². The number of rotatable bonds is 9. The van der Waals surface area contributed by atoms with E-state index in [-0.39, 0.29) is 5.91 Å². The third kappa shape index (κ3) is 6.95. The van der Waals surface area contributed by atoms with Gasteiger partial charge >= 0.3 is 0 Å². The Morgan fingerprint density at radius 2 is 2.26 bits per heavy atom. The number of nitrogens with two attached hydrogens (primary N) is 1. The summed E-state index contributed by atoms with van der Waals surface area (Å²) in [6.45, 7) is 3.54. The molecule has 0 saturated carbocycles. The normalized spacial score (nSPS) is 12.4. The van der Waals surface area contributed by atoms with Crippen LogP contribution in [0.5, 0.6) is 0 Å². The molecule has 0 radical (unpaired) electrons. The van der Waals surface area contributed by atoms with E-state index in [1.807, 2.05) is 12.1 Å². The number of amides is 1. The van der Waals surface area contributed by atoms with E-state index in [1.54, 1.807) is 11.3 Å². The van der Waals surface area contributed by atoms with Crippen molar-refractivity contribution in [2.24, 2.45) is 11.7 Å². The largest absolute Gasteiger partial charge is 0.356 e. The Morgan fingerprint density at radius 1 is 1.47 bits per heavy atom. The highest BCUT2D eigenvalue weighted by atomic mass is 35.5. The van der Waals surface area contributed by atoms with Gasteiger partial charge in [-0.25, -0.2) is 0 Å². The van der Waals surface area contributed by atoms with Crippen LogP contribution in [-0.2, 0) is 11.2 Å². The Balaban J connectivity index is 2.14. The lowest BCUT2D eigenvalue weighted by atomic mass is 9.96. The third-order valence-electron chi connectivity index (χ3n) is 3.25. The molecule has 1 unspecified atom stereocenters. The van der Waals surface area contributed by atoms with Crippen molar-refractivity contribution in [1.29, 1.82) is 0 Å². The zero-order valence-electron chi connectivity index (χ0n) is 11.5. The number of thiophene rings is 1. The number of hydrogen-bond acceptors (Lipinski definition) is 3. The van der Waals surface area contributed by atoms with Gasteiger partial charge in [-0.05, 0) is 43.9 Å². The van der Waals surface area contributed by atoms with E-state index in [1.165, 1.54) is 4.88 Å². The number of carbonyl (C=O) groups is 1. The highest BCUT2D eigenvalue weighted by molar-refractivity contribution is 7.16. The molecule has 3 nitrogen and oxygen atoms in total. The van der Waals surface area contributed by atoms with Crippen LogP contribution in [0, 0.1) is 5.92 Å². The quantitative estimate of drug-likeness (QED) is 0.736. The second-order valence-corrected chi connectivity index (χ2v) is 6.50. The van der Waals surface area contributed by atoms with Gasteiger partial charge in [0.15, 0.2) is 0 Å². The Morgan fingerprint density at radius 3 is 2.84 bits per heavy atom. The average Bonchev–Trinajstić information content (AvgIpc) is 2.80. The van der Waals surface area contributed by atoms with Crippen molar-refractivity contribution >= 4 is 28.8 Å². The maximum atomic E-state index is 11.7. The van der Waals surface area contributed by atoms with E-state index in [0.717, 1.165) is 30.0 Å². The molecule has 108 valence electrons. The Labute approximate surface area is 124 Å². The van der Waals surface area contributed by atoms with Crippen molar-refractivity contribution in [2.45, 2.75) is 39.0 Å². The Hall–Kier alpha value is -0.580. The van der Waals surface area contributed by atoms with Gasteiger partial charge in [-0.15, -0.1) is 11.3 Å². The molecule has 1 amide bonds. The van der Waals surface area contributed by atoms with Crippen LogP contribution in [0.3, 0.4) is 0 Å². The standard InChI is InChI=1S/C14H23ClN2OS/c1-2-11(7-9-16)3-6-14(18)17-10-8-12-4-5-13(15)19-12/h4-5,11H,2-3,6-10,16H2,1H3,(H,17,18). The lowest BCUT2D eigenvalue weighted by molar-refractivity contribution is -0.121. The summed E-state index contributed by atoms with van der Waals surface area (Å²) < 4.78 is 0.800. The fourth-order valence-electron chi connectivity index (χ4n) is 2.02. The Bertz CT molecular complexity index is 381. The molecule has 1 aromatic heterocycles. The van der Waals surface area contributed by atoms with Crippen LogP contribution in [0.1, 0.15) is 37.5 Å². The predicted molar refractivity (Wildman–Crippen MR) is 82.7 cm³/mol. The molecule has 0 spiro atoms. The van der Waals surface area contributed by atoms with E-state index in [2.05, 4.69) is 12.2 Å². The zero-order valence-corrected chi connectivity index (χ0v) is 13.0. The Kier molecular flexibility index (Phi) is 8.10. The summed E-state index contributed by atoms with van der Waals surface area (Å²) in [5.41, 5.74) is 5.55. The summed E-state index contributed by atoms with van der Waals surface area (Å²) in [4.78, 5) is 12.9. The molecule has 0 saturated heterocycles. The summed E-state index contributed by atoms with van der Waals surface area (Å²) in [5.74, 6) is 0.713. The SMILES string of the molecule is CCC(CCN)CCC(=O)NCCc1ccc(Cl)s1. The second-order valence-electron chi connectivity index (χ2n) is 4.70. The minimum absolute atomic E-state index is 0.137. The van der Waals surface area contributed by atoms with Crippen LogP contribution in [0.4, 0.5) is 0 Å². The van der Waals surface area contributed by atoms with Crippen LogP contribution in [0.25, 0.3) is 0 Å². The second kappa shape index (κ2) is 9.34. The van der Waals surface area contributed by atoms with Crippen molar-refractivity contribution in [3.8, 4) is 0 Å². The molecule has 0 aliphatic carbocycles. The highest BCUT2D eigenvalue weighted by Gasteiger charge is 2.08. The fourth-order valence-corrected chi connectivity index (χ4v) is 3.11. The maximum absolute atomic E-state index is 11.7. The van der Waals surface area contributed by atoms with Gasteiger partial charge in [-0.3, -0.25) is 4.79 Å². The van der Waals surface area contributed by atoms with Crippen molar-refractivity contribution in [3.63, 3.8) is 0 Å². The summed E-state index contributed by atoms with van der Waals surface area (Å²) in [5, 5.41) is 2.96. The van der Waals surface area contributed by atoms with Gasteiger partial charge in [0.2, 0.25) is 5.91 Å². The molecule has 1 rings (SSSR count). The monoisotopic (exact) mass is 302 g/mol. The third-order valence-corrected chi connectivity index (χ3v) is 4.55. The molecule has 1 aromatic rings. The van der Waals surface area contributed by atoms with Crippen LogP contribution < -0.4 is 11.1 Å². The molecule has 3 N–H and O–H groups in total. The van der Waals surface area contributed by atoms with Crippen molar-refractivity contribution < 1.29 is 4.79 Å². The smallest absolute Gasteiger partial charge is 0.220 e. The molecule has 0 aromatic carbocycles. The molecule has 0 bridgehead atoms. The molecule has 5 heteroatoms. The average molecular weight is 303 g/mol. The van der Waals surface area contributed by atoms with Gasteiger partial charge in [0.25, 0.3) is 0 Å². The molecule has 1 heterocycles. The molecule has 0 aliphatic rings. The van der Waals surface area contributed by atoms with Gasteiger partial charge in [-0.2, -0.15) is 0 Å². The van der Waals surface area contributed by atoms with Crippen LogP contribution in [0.2, 0.25) is 4.34 Å². The zero-order chi connectivity index (χ0) is 14.1. The summed E-state index contributed by atoms with van der Waals surface area (Å²) in [6.07, 6.45) is 4.49. The first-order valence-corrected chi connectivity index (χ1v) is 8.06. The molecule has 0 fully saturated rings. The number of carbonyl (C=O) groups excluding carboxylic acids is 1. The van der Waals surface area contributed by atoms with Crippen molar-refractivity contribution in [1.82, 2.24) is 5.32 Å². The van der Waals surface area contributed by atoms with Gasteiger partial charge < -0.3 is 11.1 Å². The van der Waals surface area contributed by atoms with Crippen LogP contribution in [-0.4, -0.2) is 19.0 Å². The first-order valence-electron chi connectivity index (χ1n) is 6.86. The van der Waals surface area contributed by atoms with Gasteiger partial charge in [0, 0.05) is 17.8 Å². The summed E-state index contributed by atoms with van der Waals surface area (Å²) in [7, 11) is 0. The summed E-state index contributed by atoms with van der Waals surface area (Å²) >= 11 is 7.42. The first-order chi connectivity index (χ1) is 9.15.